The molecule has 46 heavy (non-hydrogen) atoms. The summed E-state index contributed by atoms with van der Waals surface area (Å²) in [6, 6.07) is 20.4. The lowest BCUT2D eigenvalue weighted by Gasteiger charge is -2.53. The van der Waals surface area contributed by atoms with E-state index in [0.29, 0.717) is 19.3 Å². The predicted molar refractivity (Wildman–Crippen MR) is 162 cm³/mol. The number of ether oxygens (including phenoxy) is 2. The third-order valence-corrected chi connectivity index (χ3v) is 9.20. The Kier molecular flexibility index (Phi) is 9.11. The molecule has 10 heteroatoms. The minimum atomic E-state index is -4.98. The molecule has 0 N–H and O–H groups in total. The average molecular weight is 648 g/mol. The second kappa shape index (κ2) is 12.3. The van der Waals surface area contributed by atoms with E-state index in [4.69, 9.17) is 9.47 Å². The van der Waals surface area contributed by atoms with Crippen LogP contribution in [0.2, 0.25) is 0 Å². The van der Waals surface area contributed by atoms with Crippen LogP contribution in [0.1, 0.15) is 93.8 Å². The monoisotopic (exact) mass is 647 g/mol. The van der Waals surface area contributed by atoms with Gasteiger partial charge >= 0.3 is 18.3 Å². The van der Waals surface area contributed by atoms with Gasteiger partial charge in [0, 0.05) is 12.1 Å². The molecule has 5 rings (SSSR count). The van der Waals surface area contributed by atoms with Gasteiger partial charge in [-0.25, -0.2) is 0 Å². The van der Waals surface area contributed by atoms with E-state index in [1.165, 1.54) is 6.92 Å². The molecule has 2 aliphatic heterocycles. The summed E-state index contributed by atoms with van der Waals surface area (Å²) in [5.41, 5.74) is -2.82. The largest absolute Gasteiger partial charge is 0.460 e. The van der Waals surface area contributed by atoms with Crippen molar-refractivity contribution < 1.29 is 40.6 Å². The lowest BCUT2D eigenvalue weighted by molar-refractivity contribution is -0.161. The summed E-state index contributed by atoms with van der Waals surface area (Å²) in [5.74, 6) is -0.887. The molecular formula is C36H39F6NO3. The number of hydrogen-bond donors (Lipinski definition) is 0. The number of nitrogens with zero attached hydrogens (tertiary/aromatic N) is 1. The molecule has 6 atom stereocenters. The number of benzene rings is 3. The Bertz CT molecular complexity index is 1490. The van der Waals surface area contributed by atoms with Crippen molar-refractivity contribution >= 4 is 5.97 Å². The second-order valence-electron chi connectivity index (χ2n) is 13.4. The van der Waals surface area contributed by atoms with Crippen molar-refractivity contribution in [2.75, 3.05) is 0 Å². The van der Waals surface area contributed by atoms with Gasteiger partial charge in [0.2, 0.25) is 0 Å². The van der Waals surface area contributed by atoms with E-state index in [1.807, 2.05) is 67.6 Å². The molecule has 0 spiro atoms. The zero-order chi connectivity index (χ0) is 33.7. The van der Waals surface area contributed by atoms with Crippen molar-refractivity contribution in [1.29, 1.82) is 0 Å². The van der Waals surface area contributed by atoms with E-state index in [-0.39, 0.29) is 29.7 Å². The first-order valence-electron chi connectivity index (χ1n) is 15.5. The summed E-state index contributed by atoms with van der Waals surface area (Å²) in [6.45, 7) is 8.95. The Balaban J connectivity index is 1.63. The smallest absolute Gasteiger partial charge is 0.416 e. The van der Waals surface area contributed by atoms with E-state index in [9.17, 15) is 31.1 Å². The highest BCUT2D eigenvalue weighted by Gasteiger charge is 2.63. The van der Waals surface area contributed by atoms with Crippen molar-refractivity contribution in [3.63, 3.8) is 0 Å². The first-order chi connectivity index (χ1) is 21.4. The molecule has 2 bridgehead atoms. The van der Waals surface area contributed by atoms with Crippen molar-refractivity contribution in [2.45, 2.75) is 102 Å². The number of esters is 1. The highest BCUT2D eigenvalue weighted by Crippen LogP contribution is 2.58. The summed E-state index contributed by atoms with van der Waals surface area (Å²) < 4.78 is 95.0. The summed E-state index contributed by atoms with van der Waals surface area (Å²) in [4.78, 5) is 16.1. The topological polar surface area (TPSA) is 38.8 Å². The molecule has 2 fully saturated rings. The highest BCUT2D eigenvalue weighted by atomic mass is 19.4. The molecular weight excluding hydrogens is 608 g/mol. The fourth-order valence-electron chi connectivity index (χ4n) is 7.31. The minimum Gasteiger partial charge on any atom is -0.460 e. The number of piperidine rings is 1. The van der Waals surface area contributed by atoms with Gasteiger partial charge in [-0.05, 0) is 88.8 Å². The number of alkyl halides is 6. The van der Waals surface area contributed by atoms with Crippen LogP contribution in [0.3, 0.4) is 0 Å². The zero-order valence-corrected chi connectivity index (χ0v) is 26.5. The Hall–Kier alpha value is -3.37. The van der Waals surface area contributed by atoms with E-state index < -0.39 is 52.7 Å². The van der Waals surface area contributed by atoms with Gasteiger partial charge in [0.15, 0.2) is 0 Å². The fourth-order valence-corrected chi connectivity index (χ4v) is 7.31. The van der Waals surface area contributed by atoms with Crippen molar-refractivity contribution in [1.82, 2.24) is 4.90 Å². The van der Waals surface area contributed by atoms with Crippen LogP contribution in [0, 0.1) is 5.92 Å². The number of carbonyl (C=O) groups is 1. The number of halogens is 6. The second-order valence-corrected chi connectivity index (χ2v) is 13.4. The summed E-state index contributed by atoms with van der Waals surface area (Å²) in [7, 11) is 0. The number of carbonyl (C=O) groups excluding carboxylic acids is 1. The van der Waals surface area contributed by atoms with Gasteiger partial charge in [-0.3, -0.25) is 9.69 Å². The Morgan fingerprint density at radius 1 is 0.804 bits per heavy atom. The average Bonchev–Trinajstić information content (AvgIpc) is 3.25. The fraction of sp³-hybridized carbons (Fsp3) is 0.472. The normalized spacial score (nSPS) is 25.2. The van der Waals surface area contributed by atoms with Crippen LogP contribution in [0.25, 0.3) is 0 Å². The zero-order valence-electron chi connectivity index (χ0n) is 26.5. The van der Waals surface area contributed by atoms with Crippen LogP contribution >= 0.6 is 0 Å². The maximum absolute atomic E-state index is 13.8. The van der Waals surface area contributed by atoms with Gasteiger partial charge in [0.25, 0.3) is 0 Å². The van der Waals surface area contributed by atoms with Crippen LogP contribution < -0.4 is 0 Å². The maximum atomic E-state index is 13.8. The predicted octanol–water partition coefficient (Wildman–Crippen LogP) is 9.65. The molecule has 0 amide bonds. The number of hydrogen-bond acceptors (Lipinski definition) is 4. The molecule has 0 aromatic heterocycles. The van der Waals surface area contributed by atoms with Crippen LogP contribution in [0.15, 0.2) is 78.9 Å². The van der Waals surface area contributed by atoms with Crippen LogP contribution in [0.4, 0.5) is 26.3 Å². The van der Waals surface area contributed by atoms with Crippen molar-refractivity contribution in [3.8, 4) is 0 Å². The third kappa shape index (κ3) is 6.69. The molecule has 3 aromatic carbocycles. The van der Waals surface area contributed by atoms with E-state index in [1.54, 1.807) is 20.8 Å². The Morgan fingerprint density at radius 2 is 1.35 bits per heavy atom. The molecule has 248 valence electrons. The highest BCUT2D eigenvalue weighted by molar-refractivity contribution is 5.75. The summed E-state index contributed by atoms with van der Waals surface area (Å²) in [6.07, 6.45) is -10.5. The van der Waals surface area contributed by atoms with Gasteiger partial charge in [-0.15, -0.1) is 0 Å². The summed E-state index contributed by atoms with van der Waals surface area (Å²) >= 11 is 0. The first-order valence-corrected chi connectivity index (χ1v) is 15.5. The summed E-state index contributed by atoms with van der Waals surface area (Å²) in [5, 5.41) is 0. The lowest BCUT2D eigenvalue weighted by Crippen LogP contribution is -2.58. The third-order valence-electron chi connectivity index (χ3n) is 9.20. The van der Waals surface area contributed by atoms with Gasteiger partial charge in [0.05, 0.1) is 34.8 Å². The van der Waals surface area contributed by atoms with E-state index >= 15 is 0 Å². The van der Waals surface area contributed by atoms with Gasteiger partial charge in [-0.1, -0.05) is 60.7 Å². The van der Waals surface area contributed by atoms with Crippen molar-refractivity contribution in [2.24, 2.45) is 5.92 Å². The Morgan fingerprint density at radius 3 is 1.87 bits per heavy atom. The van der Waals surface area contributed by atoms with Crippen molar-refractivity contribution in [3.05, 3.63) is 107 Å². The molecule has 0 saturated carbocycles. The molecule has 2 unspecified atom stereocenters. The standard InChI is InChI=1S/C36H39F6NO3/c1-22(24-12-8-6-9-13-24)43-30-16-17-31(45-23(2)25-18-27(35(37,38)39)20-28(19-25)36(40,41)42)34(43,26-14-10-7-11-15-26)21-29(30)32(44)46-33(3,4)5/h6-15,18-20,22-23,29-31H,16-17,21H2,1-5H3/t22?,23?,29-,30+,31-,34-/m0/s1. The molecule has 2 heterocycles. The Labute approximate surface area is 265 Å². The molecule has 0 radical (unpaired) electrons. The van der Waals surface area contributed by atoms with Gasteiger partial charge < -0.3 is 9.47 Å². The van der Waals surface area contributed by atoms with E-state index in [0.717, 1.165) is 23.3 Å². The van der Waals surface area contributed by atoms with Gasteiger partial charge in [0.1, 0.15) is 5.60 Å². The van der Waals surface area contributed by atoms with E-state index in [2.05, 4.69) is 4.90 Å². The van der Waals surface area contributed by atoms with Crippen LogP contribution in [-0.4, -0.2) is 28.6 Å². The van der Waals surface area contributed by atoms with Gasteiger partial charge in [-0.2, -0.15) is 26.3 Å². The van der Waals surface area contributed by atoms with Crippen LogP contribution in [-0.2, 0) is 32.2 Å². The maximum Gasteiger partial charge on any atom is 0.416 e. The molecule has 2 aliphatic rings. The number of rotatable bonds is 7. The lowest BCUT2D eigenvalue weighted by atomic mass is 9.77. The molecule has 3 aromatic rings. The quantitative estimate of drug-likeness (QED) is 0.189. The number of fused-ring (bicyclic) bond motifs is 2. The van der Waals surface area contributed by atoms with Crippen LogP contribution in [0.5, 0.6) is 0 Å². The molecule has 2 saturated heterocycles. The SMILES string of the molecule is CC(O[C@H]1CC[C@@H]2[C@@H](C(=O)OC(C)(C)C)C[C@@]1(c1ccccc1)N2C(C)c1ccccc1)c1cc(C(F)(F)F)cc(C(F)(F)F)c1. The molecule has 0 aliphatic carbocycles. The minimum absolute atomic E-state index is 0.124. The first kappa shape index (κ1) is 34.0. The molecule has 4 nitrogen and oxygen atoms in total.